The molecule has 0 radical (unpaired) electrons. The molecule has 1 atom stereocenters. The molecule has 0 saturated carbocycles. The number of aromatic nitrogens is 3. The Kier molecular flexibility index (Phi) is 4.15. The zero-order valence-electron chi connectivity index (χ0n) is 11.1. The fourth-order valence-corrected chi connectivity index (χ4v) is 1.98. The van der Waals surface area contributed by atoms with Crippen molar-refractivity contribution in [1.29, 1.82) is 0 Å². The van der Waals surface area contributed by atoms with Gasteiger partial charge in [-0.25, -0.2) is 4.52 Å². The molecule has 0 aliphatic rings. The summed E-state index contributed by atoms with van der Waals surface area (Å²) in [6.45, 7) is 4.80. The van der Waals surface area contributed by atoms with E-state index in [1.54, 1.807) is 0 Å². The molecule has 98 valence electrons. The summed E-state index contributed by atoms with van der Waals surface area (Å²) in [6, 6.07) is 6.21. The van der Waals surface area contributed by atoms with Crippen LogP contribution in [0.15, 0.2) is 18.2 Å². The van der Waals surface area contributed by atoms with Crippen LogP contribution in [-0.4, -0.2) is 27.2 Å². The summed E-state index contributed by atoms with van der Waals surface area (Å²) < 4.78 is 1.84. The topological polar surface area (TPSA) is 68.2 Å². The summed E-state index contributed by atoms with van der Waals surface area (Å²) in [4.78, 5) is 4.45. The summed E-state index contributed by atoms with van der Waals surface area (Å²) in [5.74, 6) is 0.663. The molecule has 5 heteroatoms. The molecule has 1 unspecified atom stereocenters. The maximum Gasteiger partial charge on any atom is 0.243 e. The van der Waals surface area contributed by atoms with Crippen LogP contribution in [-0.2, 0) is 0 Å². The highest BCUT2D eigenvalue weighted by Gasteiger charge is 2.10. The van der Waals surface area contributed by atoms with Crippen LogP contribution in [0.4, 0.5) is 5.95 Å². The van der Waals surface area contributed by atoms with Crippen molar-refractivity contribution >= 4 is 11.6 Å². The maximum atomic E-state index is 5.76. The van der Waals surface area contributed by atoms with E-state index in [1.807, 2.05) is 29.6 Å². The first-order valence-corrected chi connectivity index (χ1v) is 6.53. The van der Waals surface area contributed by atoms with Gasteiger partial charge in [0.05, 0.1) is 0 Å². The zero-order valence-corrected chi connectivity index (χ0v) is 11.1. The summed E-state index contributed by atoms with van der Waals surface area (Å²) in [5, 5.41) is 7.76. The minimum Gasteiger partial charge on any atom is -0.349 e. The SMILES string of the molecule is CCCCC(CN)Nc1nc2cccc(C)n2n1. The molecular formula is C13H21N5. The summed E-state index contributed by atoms with van der Waals surface area (Å²) in [7, 11) is 0. The van der Waals surface area contributed by atoms with Crippen LogP contribution in [0.25, 0.3) is 5.65 Å². The average Bonchev–Trinajstić information content (AvgIpc) is 2.78. The van der Waals surface area contributed by atoms with Crippen molar-refractivity contribution in [3.05, 3.63) is 23.9 Å². The molecule has 3 N–H and O–H groups in total. The van der Waals surface area contributed by atoms with Crippen LogP contribution >= 0.6 is 0 Å². The van der Waals surface area contributed by atoms with E-state index in [9.17, 15) is 0 Å². The molecule has 2 heterocycles. The first-order chi connectivity index (χ1) is 8.74. The Morgan fingerprint density at radius 1 is 1.44 bits per heavy atom. The predicted octanol–water partition coefficient (Wildman–Crippen LogP) is 1.97. The maximum absolute atomic E-state index is 5.76. The molecule has 2 aromatic heterocycles. The minimum absolute atomic E-state index is 0.252. The monoisotopic (exact) mass is 247 g/mol. The van der Waals surface area contributed by atoms with Gasteiger partial charge in [-0.3, -0.25) is 0 Å². The van der Waals surface area contributed by atoms with Gasteiger partial charge < -0.3 is 11.1 Å². The summed E-state index contributed by atoms with van der Waals surface area (Å²) in [5.41, 5.74) is 7.70. The standard InChI is InChI=1S/C13H21N5/c1-3-4-7-11(9-14)15-13-16-12-8-5-6-10(2)18(12)17-13/h5-6,8,11H,3-4,7,9,14H2,1-2H3,(H,15,17). The van der Waals surface area contributed by atoms with E-state index in [0.717, 1.165) is 17.8 Å². The molecule has 0 aromatic carbocycles. The van der Waals surface area contributed by atoms with Crippen molar-refractivity contribution < 1.29 is 0 Å². The van der Waals surface area contributed by atoms with Crippen LogP contribution in [0, 0.1) is 6.92 Å². The van der Waals surface area contributed by atoms with E-state index in [-0.39, 0.29) is 6.04 Å². The van der Waals surface area contributed by atoms with Gasteiger partial charge in [0.2, 0.25) is 5.95 Å². The number of nitrogens with one attached hydrogen (secondary N) is 1. The number of nitrogens with zero attached hydrogens (tertiary/aromatic N) is 3. The third-order valence-corrected chi connectivity index (χ3v) is 3.07. The molecule has 2 rings (SSSR count). The van der Waals surface area contributed by atoms with Gasteiger partial charge >= 0.3 is 0 Å². The quantitative estimate of drug-likeness (QED) is 0.819. The summed E-state index contributed by atoms with van der Waals surface area (Å²) >= 11 is 0. The lowest BCUT2D eigenvalue weighted by atomic mass is 10.1. The predicted molar refractivity (Wildman–Crippen MR) is 73.7 cm³/mol. The number of pyridine rings is 1. The molecule has 0 saturated heterocycles. The van der Waals surface area contributed by atoms with E-state index >= 15 is 0 Å². The van der Waals surface area contributed by atoms with Crippen LogP contribution in [0.5, 0.6) is 0 Å². The van der Waals surface area contributed by atoms with Gasteiger partial charge in [0, 0.05) is 18.3 Å². The Balaban J connectivity index is 2.13. The Morgan fingerprint density at radius 3 is 2.94 bits per heavy atom. The Labute approximate surface area is 107 Å². The van der Waals surface area contributed by atoms with Gasteiger partial charge in [-0.15, -0.1) is 5.10 Å². The second-order valence-electron chi connectivity index (χ2n) is 4.59. The number of nitrogens with two attached hydrogens (primary N) is 1. The lowest BCUT2D eigenvalue weighted by Gasteiger charge is -2.14. The molecule has 0 aliphatic carbocycles. The van der Waals surface area contributed by atoms with Crippen molar-refractivity contribution in [3.8, 4) is 0 Å². The van der Waals surface area contributed by atoms with Crippen molar-refractivity contribution in [1.82, 2.24) is 14.6 Å². The molecule has 18 heavy (non-hydrogen) atoms. The number of hydrogen-bond donors (Lipinski definition) is 2. The van der Waals surface area contributed by atoms with Gasteiger partial charge in [-0.05, 0) is 25.5 Å². The Morgan fingerprint density at radius 2 is 2.28 bits per heavy atom. The number of fused-ring (bicyclic) bond motifs is 1. The first kappa shape index (κ1) is 12.8. The molecule has 0 fully saturated rings. The normalized spacial score (nSPS) is 12.8. The van der Waals surface area contributed by atoms with Crippen LogP contribution in [0.1, 0.15) is 31.9 Å². The molecule has 2 aromatic rings. The summed E-state index contributed by atoms with van der Waals surface area (Å²) in [6.07, 6.45) is 3.40. The number of hydrogen-bond acceptors (Lipinski definition) is 4. The van der Waals surface area contributed by atoms with E-state index in [1.165, 1.54) is 12.8 Å². The third kappa shape index (κ3) is 2.79. The number of rotatable bonds is 6. The smallest absolute Gasteiger partial charge is 0.243 e. The lowest BCUT2D eigenvalue weighted by Crippen LogP contribution is -2.29. The molecule has 5 nitrogen and oxygen atoms in total. The largest absolute Gasteiger partial charge is 0.349 e. The van der Waals surface area contributed by atoms with Gasteiger partial charge in [0.1, 0.15) is 0 Å². The fraction of sp³-hybridized carbons (Fsp3) is 0.538. The highest BCUT2D eigenvalue weighted by molar-refractivity contribution is 5.44. The van der Waals surface area contributed by atoms with E-state index in [2.05, 4.69) is 22.3 Å². The van der Waals surface area contributed by atoms with Gasteiger partial charge in [0.15, 0.2) is 5.65 Å². The Hall–Kier alpha value is -1.62. The third-order valence-electron chi connectivity index (χ3n) is 3.07. The van der Waals surface area contributed by atoms with Crippen LogP contribution in [0.3, 0.4) is 0 Å². The first-order valence-electron chi connectivity index (χ1n) is 6.53. The molecule has 0 spiro atoms. The minimum atomic E-state index is 0.252. The van der Waals surface area contributed by atoms with Gasteiger partial charge in [-0.1, -0.05) is 25.8 Å². The lowest BCUT2D eigenvalue weighted by molar-refractivity contribution is 0.610. The highest BCUT2D eigenvalue weighted by Crippen LogP contribution is 2.10. The number of aryl methyl sites for hydroxylation is 1. The second kappa shape index (κ2) is 5.82. The number of unbranched alkanes of at least 4 members (excludes halogenated alkanes) is 1. The molecule has 0 amide bonds. The Bertz CT molecular complexity index is 505. The number of anilines is 1. The highest BCUT2D eigenvalue weighted by atomic mass is 15.4. The average molecular weight is 247 g/mol. The van der Waals surface area contributed by atoms with E-state index in [0.29, 0.717) is 12.5 Å². The van der Waals surface area contributed by atoms with Crippen molar-refractivity contribution in [2.75, 3.05) is 11.9 Å². The van der Waals surface area contributed by atoms with Crippen LogP contribution < -0.4 is 11.1 Å². The van der Waals surface area contributed by atoms with E-state index < -0.39 is 0 Å². The molecular weight excluding hydrogens is 226 g/mol. The van der Waals surface area contributed by atoms with Crippen molar-refractivity contribution in [2.45, 2.75) is 39.2 Å². The van der Waals surface area contributed by atoms with Crippen molar-refractivity contribution in [3.63, 3.8) is 0 Å². The second-order valence-corrected chi connectivity index (χ2v) is 4.59. The molecule has 0 aliphatic heterocycles. The van der Waals surface area contributed by atoms with Gasteiger partial charge in [0.25, 0.3) is 0 Å². The van der Waals surface area contributed by atoms with Crippen molar-refractivity contribution in [2.24, 2.45) is 5.73 Å². The zero-order chi connectivity index (χ0) is 13.0. The molecule has 0 bridgehead atoms. The fourth-order valence-electron chi connectivity index (χ4n) is 1.98. The van der Waals surface area contributed by atoms with Gasteiger partial charge in [-0.2, -0.15) is 4.98 Å². The van der Waals surface area contributed by atoms with E-state index in [4.69, 9.17) is 5.73 Å². The van der Waals surface area contributed by atoms with Crippen LogP contribution in [0.2, 0.25) is 0 Å².